The van der Waals surface area contributed by atoms with E-state index in [9.17, 15) is 15.6 Å². The van der Waals surface area contributed by atoms with E-state index in [2.05, 4.69) is 166 Å². The molecule has 122 heavy (non-hydrogen) atoms. The molecule has 0 fully saturated rings. The third-order valence-electron chi connectivity index (χ3n) is 18.5. The molecule has 0 saturated carbocycles. The van der Waals surface area contributed by atoms with Crippen LogP contribution in [0.25, 0.3) is 73.3 Å². The summed E-state index contributed by atoms with van der Waals surface area (Å²) in [5.41, 5.74) is 16.8. The lowest BCUT2D eigenvalue weighted by atomic mass is 10.1. The first-order valence-corrected chi connectivity index (χ1v) is 42.4. The van der Waals surface area contributed by atoms with Crippen molar-refractivity contribution in [2.45, 2.75) is 52.5 Å². The maximum Gasteiger partial charge on any atom is 0.185 e. The minimum absolute atomic E-state index is 0.313. The highest BCUT2D eigenvalue weighted by molar-refractivity contribution is 9.11. The average molecular weight is 1980 g/mol. The summed E-state index contributed by atoms with van der Waals surface area (Å²) in [6.45, 7) is 7.03. The Balaban J connectivity index is 0.000000119. The molecule has 0 aliphatic carbocycles. The monoisotopic (exact) mass is 1980 g/mol. The van der Waals surface area contributed by atoms with E-state index in [0.717, 1.165) is 167 Å². The lowest BCUT2D eigenvalue weighted by Crippen LogP contribution is -2.25. The molecule has 0 bridgehead atoms. The van der Waals surface area contributed by atoms with Crippen LogP contribution in [-0.2, 0) is 32.7 Å². The van der Waals surface area contributed by atoms with Crippen LogP contribution in [0.3, 0.4) is 0 Å². The van der Waals surface area contributed by atoms with Crippen molar-refractivity contribution in [1.82, 2.24) is 83.0 Å². The first-order chi connectivity index (χ1) is 59.4. The van der Waals surface area contributed by atoms with E-state index in [0.29, 0.717) is 54.3 Å². The van der Waals surface area contributed by atoms with E-state index < -0.39 is 0 Å². The number of hydrogen-bond acceptors (Lipinski definition) is 20. The van der Waals surface area contributed by atoms with E-state index >= 15 is 0 Å². The molecular weight excluding hydrogens is 1910 g/mol. The molecule has 610 valence electrons. The number of fused-ring (bicyclic) bond motifs is 5. The van der Waals surface area contributed by atoms with Crippen LogP contribution in [0, 0.1) is 15.6 Å². The second kappa shape index (κ2) is 39.5. The van der Waals surface area contributed by atoms with Crippen LogP contribution >= 0.6 is 103 Å². The minimum Gasteiger partial charge on any atom is -0.619 e. The van der Waals surface area contributed by atoms with Gasteiger partial charge in [0.25, 0.3) is 0 Å². The molecule has 4 aromatic carbocycles. The highest BCUT2D eigenvalue weighted by atomic mass is 79.9. The normalized spacial score (nSPS) is 11.0. The zero-order valence-corrected chi connectivity index (χ0v) is 74.1. The fourth-order valence-electron chi connectivity index (χ4n) is 12.5. The minimum atomic E-state index is 0.313. The third-order valence-corrected chi connectivity index (χ3v) is 21.9. The molecule has 19 aromatic rings. The maximum absolute atomic E-state index is 11.4. The van der Waals surface area contributed by atoms with Crippen LogP contribution < -0.4 is 40.8 Å². The van der Waals surface area contributed by atoms with Gasteiger partial charge in [0.1, 0.15) is 29.1 Å². The number of pyridine rings is 5. The number of aromatic nitrogens is 20. The summed E-state index contributed by atoms with van der Waals surface area (Å²) < 4.78 is 15.3. The van der Waals surface area contributed by atoms with Gasteiger partial charge in [-0.2, -0.15) is 62.3 Å². The fourth-order valence-corrected chi connectivity index (χ4v) is 14.6. The van der Waals surface area contributed by atoms with Gasteiger partial charge in [0.2, 0.25) is 0 Å². The standard InChI is InChI=1S/C18H13BrClN5O.C18H13BrClN5.C18H14BrN5O.C18H14BrN5.C15H16BrN5O/c19-15-10-22-25-17(21-9-12-2-1-7-24(26)11-12)8-16(23-18(15)25)13-3-5-14(20)6-4-13;19-14-11-23-25-17(22-10-12-4-3-7-21-9-12)8-16(24-18(14)25)13-5-1-2-6-15(13)20;19-15-11-21-24-17(20-10-13-5-4-8-23(25)12-13)9-16(22-18(15)24)14-6-2-1-3-7-14;19-15-12-22-24-17(21-11-13-5-4-8-20-10-13)9-16(23-18(15)24)14-6-2-1-3-7-14;1-10(2)13-6-14(21-15(19-13)12(16)8-18-21)17-7-11-4-3-5-20(22)9-11/h1-8,10-11,21H,9H2;1-9,11,22H,10H2;1-9,11-12,20H,10H2;1-10,12,21H,11H2;3-6,8-10,17H,7H2,1-2H3. The van der Waals surface area contributed by atoms with Crippen molar-refractivity contribution in [3.05, 3.63) is 375 Å². The topological polar surface area (TPSA) is 318 Å². The number of rotatable bonds is 20. The zero-order valence-electron chi connectivity index (χ0n) is 64.6. The van der Waals surface area contributed by atoms with Crippen molar-refractivity contribution in [2.75, 3.05) is 26.6 Å². The van der Waals surface area contributed by atoms with Gasteiger partial charge in [0.15, 0.2) is 65.4 Å². The molecule has 0 radical (unpaired) electrons. The predicted molar refractivity (Wildman–Crippen MR) is 491 cm³/mol. The van der Waals surface area contributed by atoms with Gasteiger partial charge < -0.3 is 42.2 Å². The summed E-state index contributed by atoms with van der Waals surface area (Å²) in [4.78, 5) is 31.7. The Morgan fingerprint density at radius 1 is 0.336 bits per heavy atom. The van der Waals surface area contributed by atoms with E-state index in [1.54, 1.807) is 96.5 Å². The van der Waals surface area contributed by atoms with Crippen LogP contribution in [0.15, 0.2) is 316 Å². The number of hydrogen-bond donors (Lipinski definition) is 5. The first kappa shape index (κ1) is 84.1. The summed E-state index contributed by atoms with van der Waals surface area (Å²) >= 11 is 29.8. The molecule has 28 nitrogen and oxygen atoms in total. The molecule has 19 rings (SSSR count). The van der Waals surface area contributed by atoms with Crippen LogP contribution in [-0.4, -0.2) is 83.0 Å². The van der Waals surface area contributed by atoms with Crippen LogP contribution in [0.5, 0.6) is 0 Å². The Morgan fingerprint density at radius 3 is 0.992 bits per heavy atom. The van der Waals surface area contributed by atoms with E-state index in [1.807, 2.05) is 194 Å². The van der Waals surface area contributed by atoms with E-state index in [-0.39, 0.29) is 0 Å². The van der Waals surface area contributed by atoms with Crippen molar-refractivity contribution in [3.8, 4) is 45.0 Å². The molecule has 0 unspecified atom stereocenters. The Hall–Kier alpha value is -12.9. The predicted octanol–water partition coefficient (Wildman–Crippen LogP) is 19.3. The second-order valence-electron chi connectivity index (χ2n) is 27.4. The van der Waals surface area contributed by atoms with Gasteiger partial charge in [-0.3, -0.25) is 9.97 Å². The highest BCUT2D eigenvalue weighted by Gasteiger charge is 2.19. The van der Waals surface area contributed by atoms with Gasteiger partial charge in [-0.15, -0.1) is 0 Å². The van der Waals surface area contributed by atoms with E-state index in [1.165, 1.54) is 24.8 Å². The molecule has 0 aliphatic heterocycles. The molecule has 0 aliphatic rings. The summed E-state index contributed by atoms with van der Waals surface area (Å²) in [6, 6.07) is 63.9. The molecule has 0 amide bonds. The summed E-state index contributed by atoms with van der Waals surface area (Å²) in [5.74, 6) is 4.44. The van der Waals surface area contributed by atoms with Gasteiger partial charge in [0, 0.05) is 161 Å². The Kier molecular flexibility index (Phi) is 27.3. The highest BCUT2D eigenvalue weighted by Crippen LogP contribution is 2.34. The van der Waals surface area contributed by atoms with Gasteiger partial charge in [0.05, 0.1) is 76.1 Å². The fraction of sp³-hybridized carbons (Fsp3) is 0.0920. The van der Waals surface area contributed by atoms with E-state index in [4.69, 9.17) is 38.2 Å². The van der Waals surface area contributed by atoms with Gasteiger partial charge in [-0.25, -0.2) is 24.9 Å². The Morgan fingerprint density at radius 2 is 0.648 bits per heavy atom. The summed E-state index contributed by atoms with van der Waals surface area (Å²) in [5, 5.41) is 74.1. The lowest BCUT2D eigenvalue weighted by molar-refractivity contribution is -0.606. The van der Waals surface area contributed by atoms with Crippen molar-refractivity contribution >= 4 is 160 Å². The number of benzene rings is 4. The average Bonchev–Trinajstić information content (AvgIpc) is 1.58. The quantitative estimate of drug-likeness (QED) is 0.0350. The number of halogens is 7. The first-order valence-electron chi connectivity index (χ1n) is 37.7. The molecule has 0 spiro atoms. The molecule has 15 heterocycles. The van der Waals surface area contributed by atoms with Crippen LogP contribution in [0.4, 0.5) is 29.1 Å². The number of nitrogens with zero attached hydrogens (tertiary/aromatic N) is 20. The molecule has 0 atom stereocenters. The second-order valence-corrected chi connectivity index (χ2v) is 32.5. The smallest absolute Gasteiger partial charge is 0.185 e. The molecule has 5 N–H and O–H groups in total. The van der Waals surface area contributed by atoms with Crippen molar-refractivity contribution in [3.63, 3.8) is 0 Å². The molecule has 35 heteroatoms. The molecular formula is C87H70Br5Cl2N25O3. The maximum atomic E-state index is 11.4. The van der Waals surface area contributed by atoms with Gasteiger partial charge >= 0.3 is 0 Å². The van der Waals surface area contributed by atoms with Crippen molar-refractivity contribution in [1.29, 1.82) is 0 Å². The Bertz CT molecular complexity index is 6820. The van der Waals surface area contributed by atoms with Crippen LogP contribution in [0.2, 0.25) is 10.0 Å². The van der Waals surface area contributed by atoms with Crippen LogP contribution in [0.1, 0.15) is 53.3 Å². The summed E-state index contributed by atoms with van der Waals surface area (Å²) in [7, 11) is 0. The summed E-state index contributed by atoms with van der Waals surface area (Å²) in [6.07, 6.45) is 24.9. The number of anilines is 5. The van der Waals surface area contributed by atoms with Gasteiger partial charge in [-0.1, -0.05) is 140 Å². The Labute approximate surface area is 749 Å². The molecule has 0 saturated heterocycles. The molecule has 15 aromatic heterocycles. The third kappa shape index (κ3) is 20.9. The van der Waals surface area contributed by atoms with Crippen molar-refractivity contribution < 1.29 is 14.2 Å². The largest absolute Gasteiger partial charge is 0.619 e. The SMILES string of the molecule is Brc1cnn2c(NCc3cccnc3)cc(-c3ccccc3)nc12.CC(C)c1cc(NCc2ccc[n+]([O-])c2)n2ncc(Br)c2n1.Clc1ccccc1-c1cc(NCc2cccnc2)n2ncc(Br)c2n1.[O-][n+]1cccc(CNc2cc(-c3ccc(Cl)cc3)nc3c(Br)cnn23)c1.[O-][n+]1cccc(CNc2cc(-c3ccccc3)nc3c(Br)cnn23)c1. The number of nitrogens with one attached hydrogen (secondary N) is 5. The van der Waals surface area contributed by atoms with Crippen molar-refractivity contribution in [2.24, 2.45) is 0 Å². The van der Waals surface area contributed by atoms with Gasteiger partial charge in [-0.05, 0) is 145 Å². The lowest BCUT2D eigenvalue weighted by Gasteiger charge is -2.12. The zero-order chi connectivity index (χ0) is 84.6.